The molecular weight excluding hydrogens is 356 g/mol. The highest BCUT2D eigenvalue weighted by Gasteiger charge is 2.32. The van der Waals surface area contributed by atoms with Crippen LogP contribution in [0.1, 0.15) is 5.56 Å². The Morgan fingerprint density at radius 3 is 2.76 bits per heavy atom. The summed E-state index contributed by atoms with van der Waals surface area (Å²) in [6.45, 7) is 3.77. The molecule has 1 aromatic carbocycles. The fourth-order valence-electron chi connectivity index (χ4n) is 1.77. The second kappa shape index (κ2) is 6.19. The van der Waals surface area contributed by atoms with Gasteiger partial charge in [0, 0.05) is 6.54 Å². The van der Waals surface area contributed by atoms with E-state index in [0.29, 0.717) is 10.0 Å². The summed E-state index contributed by atoms with van der Waals surface area (Å²) in [5.74, 6) is -0.951. The van der Waals surface area contributed by atoms with E-state index in [4.69, 9.17) is 12.2 Å². The highest BCUT2D eigenvalue weighted by atomic mass is 79.9. The molecule has 0 bridgehead atoms. The summed E-state index contributed by atoms with van der Waals surface area (Å²) in [6.07, 6.45) is 2.97. The van der Waals surface area contributed by atoms with Crippen LogP contribution in [0.4, 0.5) is 0 Å². The van der Waals surface area contributed by atoms with Gasteiger partial charge in [-0.15, -0.1) is 6.58 Å². The zero-order chi connectivity index (χ0) is 15.6. The summed E-state index contributed by atoms with van der Waals surface area (Å²) < 4.78 is 0.471. The van der Waals surface area contributed by atoms with Crippen LogP contribution in [0.15, 0.2) is 40.9 Å². The maximum Gasteiger partial charge on any atom is 0.265 e. The minimum Gasteiger partial charge on any atom is -0.507 e. The van der Waals surface area contributed by atoms with Gasteiger partial charge in [-0.3, -0.25) is 19.8 Å². The number of carbonyl (C=O) groups excluding carboxylic acids is 2. The number of thiocarbonyl (C=S) groups is 1. The molecule has 0 unspecified atom stereocenters. The number of nitrogens with one attached hydrogen (secondary N) is 1. The molecule has 21 heavy (non-hydrogen) atoms. The summed E-state index contributed by atoms with van der Waals surface area (Å²) in [4.78, 5) is 25.5. The van der Waals surface area contributed by atoms with Gasteiger partial charge in [-0.25, -0.2) is 0 Å². The van der Waals surface area contributed by atoms with Crippen LogP contribution in [0.5, 0.6) is 5.75 Å². The first-order chi connectivity index (χ1) is 9.93. The molecule has 1 aliphatic rings. The number of benzene rings is 1. The van der Waals surface area contributed by atoms with Crippen molar-refractivity contribution < 1.29 is 14.7 Å². The Balaban J connectivity index is 2.40. The van der Waals surface area contributed by atoms with E-state index in [0.717, 1.165) is 0 Å². The molecule has 108 valence electrons. The number of hydrogen-bond donors (Lipinski definition) is 2. The Kier molecular flexibility index (Phi) is 4.54. The van der Waals surface area contributed by atoms with Gasteiger partial charge in [0.1, 0.15) is 11.3 Å². The molecule has 0 spiro atoms. The van der Waals surface area contributed by atoms with Gasteiger partial charge >= 0.3 is 0 Å². The number of amides is 2. The molecule has 2 rings (SSSR count). The van der Waals surface area contributed by atoms with Gasteiger partial charge in [0.15, 0.2) is 5.11 Å². The Hall–Kier alpha value is -1.99. The van der Waals surface area contributed by atoms with E-state index in [-0.39, 0.29) is 23.0 Å². The van der Waals surface area contributed by atoms with E-state index in [1.807, 2.05) is 0 Å². The van der Waals surface area contributed by atoms with E-state index >= 15 is 0 Å². The Labute approximate surface area is 135 Å². The van der Waals surface area contributed by atoms with E-state index in [1.54, 1.807) is 12.1 Å². The highest BCUT2D eigenvalue weighted by molar-refractivity contribution is 9.10. The first-order valence-corrected chi connectivity index (χ1v) is 7.12. The first kappa shape index (κ1) is 15.4. The molecule has 0 saturated carbocycles. The van der Waals surface area contributed by atoms with Crippen LogP contribution in [0, 0.1) is 0 Å². The smallest absolute Gasteiger partial charge is 0.265 e. The average Bonchev–Trinajstić information content (AvgIpc) is 2.43. The number of aromatic hydroxyl groups is 1. The predicted molar refractivity (Wildman–Crippen MR) is 86.4 cm³/mol. The van der Waals surface area contributed by atoms with Crippen molar-refractivity contribution in [2.45, 2.75) is 0 Å². The average molecular weight is 367 g/mol. The van der Waals surface area contributed by atoms with Crippen molar-refractivity contribution in [3.8, 4) is 5.75 Å². The third-order valence-electron chi connectivity index (χ3n) is 2.78. The van der Waals surface area contributed by atoms with E-state index in [9.17, 15) is 14.7 Å². The van der Waals surface area contributed by atoms with E-state index in [1.165, 1.54) is 23.1 Å². The quantitative estimate of drug-likeness (QED) is 0.371. The van der Waals surface area contributed by atoms with Gasteiger partial charge in [0.2, 0.25) is 0 Å². The lowest BCUT2D eigenvalue weighted by Gasteiger charge is -2.27. The molecule has 5 nitrogen and oxygen atoms in total. The van der Waals surface area contributed by atoms with Crippen LogP contribution >= 0.6 is 28.1 Å². The van der Waals surface area contributed by atoms with Crippen molar-refractivity contribution in [2.75, 3.05) is 6.54 Å². The molecule has 7 heteroatoms. The highest BCUT2D eigenvalue weighted by Crippen LogP contribution is 2.25. The van der Waals surface area contributed by atoms with Crippen molar-refractivity contribution >= 4 is 51.2 Å². The number of nitrogens with zero attached hydrogens (tertiary/aromatic N) is 1. The largest absolute Gasteiger partial charge is 0.507 e. The number of phenolic OH excluding ortho intramolecular Hbond substituents is 1. The summed E-state index contributed by atoms with van der Waals surface area (Å²) in [5.41, 5.74) is 0.576. The number of hydrogen-bond acceptors (Lipinski definition) is 4. The van der Waals surface area contributed by atoms with Crippen molar-refractivity contribution in [3.63, 3.8) is 0 Å². The minimum atomic E-state index is -0.547. The summed E-state index contributed by atoms with van der Waals surface area (Å²) >= 11 is 8.14. The molecule has 2 amide bonds. The summed E-state index contributed by atoms with van der Waals surface area (Å²) in [5, 5.41) is 12.0. The Morgan fingerprint density at radius 1 is 1.43 bits per heavy atom. The van der Waals surface area contributed by atoms with Gasteiger partial charge in [0.25, 0.3) is 11.8 Å². The molecule has 1 fully saturated rings. The van der Waals surface area contributed by atoms with Crippen molar-refractivity contribution in [1.29, 1.82) is 0 Å². The Morgan fingerprint density at radius 2 is 2.14 bits per heavy atom. The molecule has 0 atom stereocenters. The first-order valence-electron chi connectivity index (χ1n) is 5.92. The molecule has 1 aromatic rings. The Bertz CT molecular complexity index is 685. The molecule has 0 aromatic heterocycles. The van der Waals surface area contributed by atoms with Gasteiger partial charge in [0.05, 0.1) is 4.47 Å². The maximum atomic E-state index is 12.3. The van der Waals surface area contributed by atoms with Crippen LogP contribution in [0.2, 0.25) is 0 Å². The third kappa shape index (κ3) is 3.20. The van der Waals surface area contributed by atoms with Crippen LogP contribution in [0.3, 0.4) is 0 Å². The molecule has 2 N–H and O–H groups in total. The molecular formula is C14H11BrN2O3S. The molecule has 0 radical (unpaired) electrons. The van der Waals surface area contributed by atoms with Crippen LogP contribution in [-0.4, -0.2) is 33.5 Å². The van der Waals surface area contributed by atoms with Crippen LogP contribution < -0.4 is 5.32 Å². The van der Waals surface area contributed by atoms with E-state index < -0.39 is 11.8 Å². The maximum absolute atomic E-state index is 12.3. The summed E-state index contributed by atoms with van der Waals surface area (Å²) in [6, 6.07) is 4.67. The fraction of sp³-hybridized carbons (Fsp3) is 0.0714. The second-order valence-electron chi connectivity index (χ2n) is 4.23. The van der Waals surface area contributed by atoms with Crippen molar-refractivity contribution in [3.05, 3.63) is 46.5 Å². The molecule has 1 aliphatic heterocycles. The summed E-state index contributed by atoms with van der Waals surface area (Å²) in [7, 11) is 0. The number of rotatable bonds is 3. The van der Waals surface area contributed by atoms with Gasteiger partial charge in [-0.2, -0.15) is 0 Å². The predicted octanol–water partition coefficient (Wildman–Crippen LogP) is 1.97. The third-order valence-corrected chi connectivity index (χ3v) is 3.74. The number of carbonyl (C=O) groups is 2. The molecule has 1 saturated heterocycles. The zero-order valence-corrected chi connectivity index (χ0v) is 13.2. The number of phenols is 1. The monoisotopic (exact) mass is 366 g/mol. The SMILES string of the molecule is C=CCN1C(=O)C(=Cc2ccc(O)c(Br)c2)C(=O)NC1=S. The topological polar surface area (TPSA) is 69.6 Å². The van der Waals surface area contributed by atoms with E-state index in [2.05, 4.69) is 27.8 Å². The minimum absolute atomic E-state index is 0.0250. The van der Waals surface area contributed by atoms with Crippen LogP contribution in [-0.2, 0) is 9.59 Å². The van der Waals surface area contributed by atoms with Gasteiger partial charge in [-0.1, -0.05) is 12.1 Å². The standard InChI is InChI=1S/C14H11BrN2O3S/c1-2-5-17-13(20)9(12(19)16-14(17)21)6-8-3-4-11(18)10(15)7-8/h2-4,6-7,18H,1,5H2,(H,16,19,21). The zero-order valence-electron chi connectivity index (χ0n) is 10.8. The normalized spacial score (nSPS) is 17.1. The molecule has 0 aliphatic carbocycles. The lowest BCUT2D eigenvalue weighted by atomic mass is 10.1. The van der Waals surface area contributed by atoms with Crippen LogP contribution in [0.25, 0.3) is 6.08 Å². The lowest BCUT2D eigenvalue weighted by Crippen LogP contribution is -2.53. The number of halogens is 1. The van der Waals surface area contributed by atoms with Gasteiger partial charge < -0.3 is 5.11 Å². The van der Waals surface area contributed by atoms with Crippen molar-refractivity contribution in [2.24, 2.45) is 0 Å². The van der Waals surface area contributed by atoms with Gasteiger partial charge in [-0.05, 0) is 51.9 Å². The molecule has 1 heterocycles. The van der Waals surface area contributed by atoms with Crippen molar-refractivity contribution in [1.82, 2.24) is 10.2 Å². The lowest BCUT2D eigenvalue weighted by molar-refractivity contribution is -0.128. The fourth-order valence-corrected chi connectivity index (χ4v) is 2.42. The second-order valence-corrected chi connectivity index (χ2v) is 5.47.